The van der Waals surface area contributed by atoms with Gasteiger partial charge in [0.25, 0.3) is 5.56 Å². The van der Waals surface area contributed by atoms with Gasteiger partial charge in [0.15, 0.2) is 0 Å². The molecule has 3 rings (SSSR count). The third kappa shape index (κ3) is 1.76. The van der Waals surface area contributed by atoms with E-state index in [9.17, 15) is 4.79 Å². The topological polar surface area (TPSA) is 50.7 Å². The Bertz CT molecular complexity index is 632. The second-order valence-electron chi connectivity index (χ2n) is 5.34. The zero-order valence-electron chi connectivity index (χ0n) is 11.0. The maximum absolute atomic E-state index is 12.6. The van der Waals surface area contributed by atoms with Gasteiger partial charge >= 0.3 is 0 Å². The molecule has 0 radical (unpaired) electrons. The van der Waals surface area contributed by atoms with Crippen LogP contribution in [0.25, 0.3) is 11.0 Å². The van der Waals surface area contributed by atoms with Gasteiger partial charge in [-0.1, -0.05) is 19.3 Å². The summed E-state index contributed by atoms with van der Waals surface area (Å²) in [4.78, 5) is 20.3. The molecule has 0 amide bonds. The van der Waals surface area contributed by atoms with Crippen molar-refractivity contribution in [3.8, 4) is 0 Å². The van der Waals surface area contributed by atoms with Crippen LogP contribution >= 0.6 is 0 Å². The number of rotatable bonds is 1. The summed E-state index contributed by atoms with van der Waals surface area (Å²) in [6.07, 6.45) is 5.96. The number of fused-ring (bicyclic) bond motifs is 1. The molecular formula is C14H19N3O. The third-order valence-corrected chi connectivity index (χ3v) is 3.94. The summed E-state index contributed by atoms with van der Waals surface area (Å²) in [6, 6.07) is 2.25. The molecule has 2 aromatic heterocycles. The summed E-state index contributed by atoms with van der Waals surface area (Å²) in [5.74, 6) is 0.834. The van der Waals surface area contributed by atoms with E-state index in [2.05, 4.69) is 9.97 Å². The number of nitrogens with zero attached hydrogens (tertiary/aromatic N) is 2. The van der Waals surface area contributed by atoms with Crippen molar-refractivity contribution in [2.75, 3.05) is 0 Å². The summed E-state index contributed by atoms with van der Waals surface area (Å²) in [5, 5.41) is 0.726. The first-order chi connectivity index (χ1) is 8.66. The monoisotopic (exact) mass is 245 g/mol. The van der Waals surface area contributed by atoms with E-state index in [0.29, 0.717) is 6.04 Å². The molecule has 18 heavy (non-hydrogen) atoms. The Hall–Kier alpha value is -1.58. The van der Waals surface area contributed by atoms with Gasteiger partial charge in [-0.3, -0.25) is 9.36 Å². The minimum atomic E-state index is 0.119. The highest BCUT2D eigenvalue weighted by atomic mass is 16.1. The minimum Gasteiger partial charge on any atom is -0.343 e. The smallest absolute Gasteiger partial charge is 0.263 e. The van der Waals surface area contributed by atoms with Gasteiger partial charge in [0.2, 0.25) is 0 Å². The molecule has 1 fully saturated rings. The van der Waals surface area contributed by atoms with E-state index in [4.69, 9.17) is 0 Å². The van der Waals surface area contributed by atoms with Gasteiger partial charge in [0.1, 0.15) is 11.5 Å². The van der Waals surface area contributed by atoms with Crippen LogP contribution < -0.4 is 5.56 Å². The fraction of sp³-hybridized carbons (Fsp3) is 0.571. The molecule has 0 atom stereocenters. The van der Waals surface area contributed by atoms with Crippen molar-refractivity contribution in [2.24, 2.45) is 0 Å². The zero-order chi connectivity index (χ0) is 12.7. The Morgan fingerprint density at radius 2 is 2.00 bits per heavy atom. The number of H-pyrrole nitrogens is 1. The Morgan fingerprint density at radius 1 is 1.28 bits per heavy atom. The summed E-state index contributed by atoms with van der Waals surface area (Å²) in [7, 11) is 0. The highest BCUT2D eigenvalue weighted by Gasteiger charge is 2.20. The highest BCUT2D eigenvalue weighted by Crippen LogP contribution is 2.28. The largest absolute Gasteiger partial charge is 0.343 e. The maximum atomic E-state index is 12.6. The number of aryl methyl sites for hydroxylation is 2. The SMILES string of the molecule is Cc1cc2c(=O)n(C3CCCCC3)c(C)nc2[nH]1. The van der Waals surface area contributed by atoms with Gasteiger partial charge in [-0.25, -0.2) is 4.98 Å². The average molecular weight is 245 g/mol. The summed E-state index contributed by atoms with van der Waals surface area (Å²) >= 11 is 0. The zero-order valence-corrected chi connectivity index (χ0v) is 11.0. The lowest BCUT2D eigenvalue weighted by Crippen LogP contribution is -2.29. The van der Waals surface area contributed by atoms with Crippen LogP contribution in [-0.4, -0.2) is 14.5 Å². The van der Waals surface area contributed by atoms with Crippen molar-refractivity contribution in [1.29, 1.82) is 0 Å². The molecule has 1 N–H and O–H groups in total. The molecule has 1 aliphatic rings. The lowest BCUT2D eigenvalue weighted by atomic mass is 9.95. The molecule has 2 heterocycles. The first-order valence-electron chi connectivity index (χ1n) is 6.75. The summed E-state index contributed by atoms with van der Waals surface area (Å²) < 4.78 is 1.91. The molecule has 0 aromatic carbocycles. The summed E-state index contributed by atoms with van der Waals surface area (Å²) in [6.45, 7) is 3.90. The van der Waals surface area contributed by atoms with Crippen LogP contribution in [-0.2, 0) is 0 Å². The normalized spacial score (nSPS) is 17.4. The molecule has 1 aliphatic carbocycles. The quantitative estimate of drug-likeness (QED) is 0.840. The fourth-order valence-corrected chi connectivity index (χ4v) is 3.09. The molecule has 1 saturated carbocycles. The minimum absolute atomic E-state index is 0.119. The first kappa shape index (κ1) is 11.5. The Labute approximate surface area is 106 Å². The van der Waals surface area contributed by atoms with Gasteiger partial charge in [0.05, 0.1) is 5.39 Å². The van der Waals surface area contributed by atoms with Crippen LogP contribution in [0.15, 0.2) is 10.9 Å². The lowest BCUT2D eigenvalue weighted by molar-refractivity contribution is 0.339. The lowest BCUT2D eigenvalue weighted by Gasteiger charge is -2.25. The van der Waals surface area contributed by atoms with Gasteiger partial charge in [-0.05, 0) is 32.8 Å². The standard InChI is InChI=1S/C14H19N3O/c1-9-8-12-13(15-9)16-10(2)17(14(12)18)11-6-4-3-5-7-11/h8,11,15H,3-7H2,1-2H3. The Balaban J connectivity index is 2.18. The van der Waals surface area contributed by atoms with Crippen LogP contribution in [0.5, 0.6) is 0 Å². The van der Waals surface area contributed by atoms with E-state index in [0.717, 1.165) is 35.4 Å². The van der Waals surface area contributed by atoms with Gasteiger partial charge < -0.3 is 4.98 Å². The molecule has 0 aliphatic heterocycles. The van der Waals surface area contributed by atoms with Crippen molar-refractivity contribution in [3.05, 3.63) is 27.9 Å². The van der Waals surface area contributed by atoms with E-state index in [-0.39, 0.29) is 5.56 Å². The second kappa shape index (κ2) is 4.26. The number of nitrogens with one attached hydrogen (secondary N) is 1. The van der Waals surface area contributed by atoms with Gasteiger partial charge in [-0.15, -0.1) is 0 Å². The molecule has 2 aromatic rings. The Morgan fingerprint density at radius 3 is 2.72 bits per heavy atom. The molecule has 0 unspecified atom stereocenters. The molecule has 4 heteroatoms. The first-order valence-corrected chi connectivity index (χ1v) is 6.75. The molecule has 0 bridgehead atoms. The van der Waals surface area contributed by atoms with E-state index >= 15 is 0 Å². The van der Waals surface area contributed by atoms with E-state index in [1.807, 2.05) is 24.5 Å². The molecule has 4 nitrogen and oxygen atoms in total. The van der Waals surface area contributed by atoms with Crippen molar-refractivity contribution in [2.45, 2.75) is 52.0 Å². The van der Waals surface area contributed by atoms with Crippen molar-refractivity contribution < 1.29 is 0 Å². The van der Waals surface area contributed by atoms with Crippen LogP contribution in [0.2, 0.25) is 0 Å². The van der Waals surface area contributed by atoms with E-state index in [1.165, 1.54) is 19.3 Å². The number of hydrogen-bond acceptors (Lipinski definition) is 2. The maximum Gasteiger partial charge on any atom is 0.263 e. The average Bonchev–Trinajstić information content (AvgIpc) is 2.71. The van der Waals surface area contributed by atoms with Gasteiger partial charge in [0, 0.05) is 11.7 Å². The molecule has 96 valence electrons. The predicted molar refractivity (Wildman–Crippen MR) is 71.9 cm³/mol. The third-order valence-electron chi connectivity index (χ3n) is 3.94. The van der Waals surface area contributed by atoms with Crippen LogP contribution in [0.1, 0.15) is 49.7 Å². The van der Waals surface area contributed by atoms with Crippen LogP contribution in [0.4, 0.5) is 0 Å². The van der Waals surface area contributed by atoms with Crippen LogP contribution in [0.3, 0.4) is 0 Å². The summed E-state index contributed by atoms with van der Waals surface area (Å²) in [5.41, 5.74) is 1.84. The number of aromatic amines is 1. The second-order valence-corrected chi connectivity index (χ2v) is 5.34. The predicted octanol–water partition coefficient (Wildman–Crippen LogP) is 2.85. The molecule has 0 spiro atoms. The Kier molecular flexibility index (Phi) is 2.73. The number of aromatic nitrogens is 3. The van der Waals surface area contributed by atoms with Crippen molar-refractivity contribution in [3.63, 3.8) is 0 Å². The molecular weight excluding hydrogens is 226 g/mol. The van der Waals surface area contributed by atoms with Crippen LogP contribution in [0, 0.1) is 13.8 Å². The highest BCUT2D eigenvalue weighted by molar-refractivity contribution is 5.75. The number of hydrogen-bond donors (Lipinski definition) is 1. The van der Waals surface area contributed by atoms with Crippen molar-refractivity contribution in [1.82, 2.24) is 14.5 Å². The van der Waals surface area contributed by atoms with Crippen molar-refractivity contribution >= 4 is 11.0 Å². The van der Waals surface area contributed by atoms with E-state index < -0.39 is 0 Å². The van der Waals surface area contributed by atoms with E-state index in [1.54, 1.807) is 0 Å². The van der Waals surface area contributed by atoms with Gasteiger partial charge in [-0.2, -0.15) is 0 Å². The fourth-order valence-electron chi connectivity index (χ4n) is 3.09. The molecule has 0 saturated heterocycles.